The molecular weight excluding hydrogens is 370 g/mol. The van der Waals surface area contributed by atoms with Gasteiger partial charge in [0.05, 0.1) is 5.02 Å². The lowest BCUT2D eigenvalue weighted by Crippen LogP contribution is -2.06. The van der Waals surface area contributed by atoms with Crippen LogP contribution in [0.3, 0.4) is 0 Å². The minimum Gasteiger partial charge on any atom is -0.205 e. The van der Waals surface area contributed by atoms with Gasteiger partial charge in [0.1, 0.15) is 5.82 Å². The third-order valence-corrected chi connectivity index (χ3v) is 5.46. The van der Waals surface area contributed by atoms with E-state index in [-0.39, 0.29) is 16.8 Å². The van der Waals surface area contributed by atoms with Crippen molar-refractivity contribution in [2.45, 2.75) is 42.8 Å². The van der Waals surface area contributed by atoms with E-state index in [9.17, 15) is 4.39 Å². The van der Waals surface area contributed by atoms with E-state index in [1.807, 2.05) is 12.1 Å². The zero-order valence-corrected chi connectivity index (χ0v) is 13.3. The van der Waals surface area contributed by atoms with Gasteiger partial charge in [-0.2, -0.15) is 0 Å². The summed E-state index contributed by atoms with van der Waals surface area (Å²) in [5.74, 6) is 0.0279. The van der Waals surface area contributed by atoms with Crippen molar-refractivity contribution in [2.24, 2.45) is 0 Å². The summed E-state index contributed by atoms with van der Waals surface area (Å²) in [7, 11) is 0. The molecule has 0 nitrogen and oxygen atoms in total. The molecule has 0 aliphatic heterocycles. The smallest absolute Gasteiger partial charge is 0.146 e. The minimum absolute atomic E-state index is 0.206. The van der Waals surface area contributed by atoms with Crippen LogP contribution in [0.2, 0.25) is 5.02 Å². The van der Waals surface area contributed by atoms with Crippen molar-refractivity contribution in [1.29, 1.82) is 0 Å². The molecule has 1 aromatic rings. The second kappa shape index (κ2) is 6.03. The molecule has 2 rings (SSSR count). The van der Waals surface area contributed by atoms with E-state index in [2.05, 4.69) is 31.9 Å². The van der Waals surface area contributed by atoms with Gasteiger partial charge < -0.3 is 0 Å². The first kappa shape index (κ1) is 13.8. The molecule has 1 aromatic carbocycles. The summed E-state index contributed by atoms with van der Waals surface area (Å²) >= 11 is 12.9. The lowest BCUT2D eigenvalue weighted by Gasteiger charge is -2.18. The predicted octanol–water partition coefficient (Wildman–Crippen LogP) is 6.05. The molecule has 0 radical (unpaired) electrons. The second-order valence-corrected chi connectivity index (χ2v) is 7.11. The van der Waals surface area contributed by atoms with Crippen LogP contribution >= 0.6 is 43.5 Å². The first-order valence-electron chi connectivity index (χ1n) is 5.87. The molecule has 0 bridgehead atoms. The topological polar surface area (TPSA) is 0 Å². The molecule has 0 heterocycles. The molecule has 0 amide bonds. The third kappa shape index (κ3) is 3.24. The van der Waals surface area contributed by atoms with Crippen LogP contribution in [0.4, 0.5) is 4.39 Å². The Labute approximate surface area is 123 Å². The first-order chi connectivity index (χ1) is 8.09. The van der Waals surface area contributed by atoms with Gasteiger partial charge >= 0.3 is 0 Å². The van der Waals surface area contributed by atoms with Crippen molar-refractivity contribution in [3.63, 3.8) is 0 Å². The highest BCUT2D eigenvalue weighted by atomic mass is 79.9. The number of hydrogen-bond acceptors (Lipinski definition) is 0. The van der Waals surface area contributed by atoms with E-state index in [0.29, 0.717) is 9.30 Å². The van der Waals surface area contributed by atoms with Crippen molar-refractivity contribution < 1.29 is 4.39 Å². The molecule has 0 aromatic heterocycles. The number of halogens is 4. The number of alkyl halides is 1. The average molecular weight is 385 g/mol. The van der Waals surface area contributed by atoms with Gasteiger partial charge in [-0.1, -0.05) is 46.4 Å². The molecule has 1 saturated carbocycles. The predicted molar refractivity (Wildman–Crippen MR) is 77.7 cm³/mol. The Morgan fingerprint density at radius 2 is 1.94 bits per heavy atom. The average Bonchev–Trinajstić information content (AvgIpc) is 2.51. The van der Waals surface area contributed by atoms with Gasteiger partial charge in [-0.25, -0.2) is 4.39 Å². The fraction of sp³-hybridized carbons (Fsp3) is 0.538. The van der Waals surface area contributed by atoms with Gasteiger partial charge in [0, 0.05) is 9.30 Å². The van der Waals surface area contributed by atoms with Crippen LogP contribution in [-0.4, -0.2) is 4.83 Å². The van der Waals surface area contributed by atoms with E-state index < -0.39 is 0 Å². The fourth-order valence-corrected chi connectivity index (χ4v) is 3.69. The largest absolute Gasteiger partial charge is 0.205 e. The Kier molecular flexibility index (Phi) is 4.90. The third-order valence-electron chi connectivity index (χ3n) is 3.37. The molecule has 17 heavy (non-hydrogen) atoms. The standard InChI is InChI=1S/C13H14Br2ClF/c14-9-4-2-1-3-8(7-9)10-5-6-11(15)12(16)13(10)17/h5-6,8-9H,1-4,7H2. The number of hydrogen-bond donors (Lipinski definition) is 0. The molecule has 1 aliphatic rings. The highest BCUT2D eigenvalue weighted by Gasteiger charge is 2.23. The number of rotatable bonds is 1. The van der Waals surface area contributed by atoms with Crippen LogP contribution < -0.4 is 0 Å². The van der Waals surface area contributed by atoms with Crippen molar-refractivity contribution in [2.75, 3.05) is 0 Å². The van der Waals surface area contributed by atoms with Crippen molar-refractivity contribution in [1.82, 2.24) is 0 Å². The van der Waals surface area contributed by atoms with E-state index in [1.54, 1.807) is 0 Å². The van der Waals surface area contributed by atoms with Crippen molar-refractivity contribution in [3.05, 3.63) is 33.0 Å². The maximum Gasteiger partial charge on any atom is 0.146 e. The molecule has 2 atom stereocenters. The summed E-state index contributed by atoms with van der Waals surface area (Å²) in [4.78, 5) is 0.497. The van der Waals surface area contributed by atoms with Crippen molar-refractivity contribution >= 4 is 43.5 Å². The van der Waals surface area contributed by atoms with E-state index in [4.69, 9.17) is 11.6 Å². The molecule has 2 unspecified atom stereocenters. The first-order valence-corrected chi connectivity index (χ1v) is 7.95. The zero-order valence-electron chi connectivity index (χ0n) is 9.36. The summed E-state index contributed by atoms with van der Waals surface area (Å²) in [5.41, 5.74) is 0.768. The highest BCUT2D eigenvalue weighted by molar-refractivity contribution is 9.10. The zero-order chi connectivity index (χ0) is 12.4. The minimum atomic E-state index is -0.257. The summed E-state index contributed by atoms with van der Waals surface area (Å²) in [6.07, 6.45) is 5.62. The SMILES string of the molecule is Fc1c(C2CCCCC(Br)C2)ccc(Br)c1Cl. The van der Waals surface area contributed by atoms with Crippen LogP contribution in [0.15, 0.2) is 16.6 Å². The maximum atomic E-state index is 14.1. The Bertz CT molecular complexity index is 409. The normalized spacial score (nSPS) is 25.6. The summed E-state index contributed by atoms with van der Waals surface area (Å²) < 4.78 is 14.8. The van der Waals surface area contributed by atoms with Gasteiger partial charge in [-0.15, -0.1) is 0 Å². The Morgan fingerprint density at radius 1 is 1.24 bits per heavy atom. The summed E-state index contributed by atoms with van der Waals surface area (Å²) in [5, 5.41) is 0.206. The van der Waals surface area contributed by atoms with Gasteiger partial charge in [0.2, 0.25) is 0 Å². The Balaban J connectivity index is 2.29. The van der Waals surface area contributed by atoms with Crippen molar-refractivity contribution in [3.8, 4) is 0 Å². The van der Waals surface area contributed by atoms with Crippen LogP contribution in [0.1, 0.15) is 43.6 Å². The Hall–Kier alpha value is 0.400. The summed E-state index contributed by atoms with van der Waals surface area (Å²) in [6, 6.07) is 3.70. The molecule has 0 spiro atoms. The molecule has 1 fully saturated rings. The molecule has 4 heteroatoms. The Morgan fingerprint density at radius 3 is 2.71 bits per heavy atom. The molecular formula is C13H14Br2ClF. The molecule has 0 saturated heterocycles. The molecule has 1 aliphatic carbocycles. The maximum absolute atomic E-state index is 14.1. The van der Waals surface area contributed by atoms with Gasteiger partial charge in [0.25, 0.3) is 0 Å². The molecule has 94 valence electrons. The quantitative estimate of drug-likeness (QED) is 0.314. The highest BCUT2D eigenvalue weighted by Crippen LogP contribution is 2.38. The van der Waals surface area contributed by atoms with Gasteiger partial charge in [-0.3, -0.25) is 0 Å². The second-order valence-electron chi connectivity index (χ2n) is 4.58. The van der Waals surface area contributed by atoms with Crippen LogP contribution in [-0.2, 0) is 0 Å². The lowest BCUT2D eigenvalue weighted by atomic mass is 9.91. The van der Waals surface area contributed by atoms with Crippen LogP contribution in [0.25, 0.3) is 0 Å². The molecule has 0 N–H and O–H groups in total. The number of benzene rings is 1. The van der Waals surface area contributed by atoms with E-state index >= 15 is 0 Å². The fourth-order valence-electron chi connectivity index (χ4n) is 2.44. The van der Waals surface area contributed by atoms with Gasteiger partial charge in [-0.05, 0) is 52.7 Å². The van der Waals surface area contributed by atoms with Crippen LogP contribution in [0, 0.1) is 5.82 Å². The summed E-state index contributed by atoms with van der Waals surface area (Å²) in [6.45, 7) is 0. The monoisotopic (exact) mass is 382 g/mol. The van der Waals surface area contributed by atoms with Gasteiger partial charge in [0.15, 0.2) is 0 Å². The van der Waals surface area contributed by atoms with E-state index in [1.165, 1.54) is 19.3 Å². The van der Waals surface area contributed by atoms with E-state index in [0.717, 1.165) is 18.4 Å². The van der Waals surface area contributed by atoms with Crippen LogP contribution in [0.5, 0.6) is 0 Å². The lowest BCUT2D eigenvalue weighted by molar-refractivity contribution is 0.541.